The number of piperidine rings is 1. The number of carbonyl (C=O) groups excluding carboxylic acids is 1. The molecule has 2 rings (SSSR count). The van der Waals surface area contributed by atoms with E-state index in [2.05, 4.69) is 17.1 Å². The van der Waals surface area contributed by atoms with Gasteiger partial charge in [-0.25, -0.2) is 14.7 Å². The smallest absolute Gasteiger partial charge is 0.434 e. The molecule has 106 valence electrons. The molecule has 1 N–H and O–H groups in total. The molecular weight excluding hydrogens is 250 g/mol. The van der Waals surface area contributed by atoms with E-state index in [0.717, 1.165) is 25.7 Å². The lowest BCUT2D eigenvalue weighted by Gasteiger charge is -2.29. The minimum atomic E-state index is -0.531. The van der Waals surface area contributed by atoms with Gasteiger partial charge in [0, 0.05) is 19.0 Å². The Kier molecular flexibility index (Phi) is 4.59. The average Bonchev–Trinajstić information content (AvgIpc) is 2.86. The Labute approximate surface area is 110 Å². The van der Waals surface area contributed by atoms with E-state index in [9.17, 15) is 9.59 Å². The Morgan fingerprint density at radius 2 is 2.26 bits per heavy atom. The van der Waals surface area contributed by atoms with Gasteiger partial charge < -0.3 is 14.1 Å². The van der Waals surface area contributed by atoms with Gasteiger partial charge in [-0.3, -0.25) is 0 Å². The standard InChI is InChI=1S/C12H19N3O4/c1-2-3-8-18-12(17)15-6-4-9(5-7-15)10-13-14-11(16)19-10/h9H,2-8H2,1H3,(H,14,16). The van der Waals surface area contributed by atoms with Crippen LogP contribution in [-0.2, 0) is 4.74 Å². The molecule has 0 aromatic carbocycles. The fourth-order valence-electron chi connectivity index (χ4n) is 2.12. The first-order valence-corrected chi connectivity index (χ1v) is 6.67. The van der Waals surface area contributed by atoms with E-state index in [1.165, 1.54) is 0 Å². The van der Waals surface area contributed by atoms with Crippen LogP contribution in [0.25, 0.3) is 0 Å². The Balaban J connectivity index is 1.79. The number of nitrogens with zero attached hydrogens (tertiary/aromatic N) is 2. The Morgan fingerprint density at radius 1 is 1.53 bits per heavy atom. The van der Waals surface area contributed by atoms with E-state index >= 15 is 0 Å². The van der Waals surface area contributed by atoms with Gasteiger partial charge in [0.15, 0.2) is 0 Å². The largest absolute Gasteiger partial charge is 0.449 e. The lowest BCUT2D eigenvalue weighted by molar-refractivity contribution is 0.0900. The van der Waals surface area contributed by atoms with Crippen LogP contribution in [0.4, 0.5) is 4.79 Å². The van der Waals surface area contributed by atoms with Crippen molar-refractivity contribution >= 4 is 6.09 Å². The maximum Gasteiger partial charge on any atom is 0.434 e. The first-order chi connectivity index (χ1) is 9.20. The molecule has 1 aliphatic rings. The number of likely N-dealkylation sites (tertiary alicyclic amines) is 1. The number of hydrogen-bond donors (Lipinski definition) is 1. The number of aromatic amines is 1. The van der Waals surface area contributed by atoms with Gasteiger partial charge in [0.1, 0.15) is 0 Å². The monoisotopic (exact) mass is 269 g/mol. The number of nitrogens with one attached hydrogen (secondary N) is 1. The molecule has 0 bridgehead atoms. The summed E-state index contributed by atoms with van der Waals surface area (Å²) in [5.74, 6) is -0.000882. The third kappa shape index (κ3) is 3.59. The summed E-state index contributed by atoms with van der Waals surface area (Å²) >= 11 is 0. The van der Waals surface area contributed by atoms with Crippen molar-refractivity contribution in [2.75, 3.05) is 19.7 Å². The third-order valence-corrected chi connectivity index (χ3v) is 3.28. The zero-order valence-corrected chi connectivity index (χ0v) is 11.1. The van der Waals surface area contributed by atoms with Crippen LogP contribution in [-0.4, -0.2) is 40.9 Å². The van der Waals surface area contributed by atoms with Crippen molar-refractivity contribution in [3.63, 3.8) is 0 Å². The average molecular weight is 269 g/mol. The number of amides is 1. The van der Waals surface area contributed by atoms with Crippen LogP contribution in [0, 0.1) is 0 Å². The van der Waals surface area contributed by atoms with Crippen molar-refractivity contribution in [2.45, 2.75) is 38.5 Å². The molecule has 1 aromatic rings. The predicted octanol–water partition coefficient (Wildman–Crippen LogP) is 1.48. The Hall–Kier alpha value is -1.79. The second kappa shape index (κ2) is 6.40. The second-order valence-corrected chi connectivity index (χ2v) is 4.68. The number of aromatic nitrogens is 2. The second-order valence-electron chi connectivity index (χ2n) is 4.68. The van der Waals surface area contributed by atoms with Crippen molar-refractivity contribution in [3.8, 4) is 0 Å². The summed E-state index contributed by atoms with van der Waals surface area (Å²) in [6, 6.07) is 0. The molecule has 0 radical (unpaired) electrons. The molecule has 0 saturated carbocycles. The van der Waals surface area contributed by atoms with Crippen molar-refractivity contribution in [1.29, 1.82) is 0 Å². The zero-order chi connectivity index (χ0) is 13.7. The van der Waals surface area contributed by atoms with Crippen molar-refractivity contribution in [3.05, 3.63) is 16.4 Å². The molecule has 1 fully saturated rings. The number of carbonyl (C=O) groups is 1. The third-order valence-electron chi connectivity index (χ3n) is 3.28. The van der Waals surface area contributed by atoms with Crippen LogP contribution in [0.3, 0.4) is 0 Å². The van der Waals surface area contributed by atoms with Crippen LogP contribution < -0.4 is 5.76 Å². The molecule has 1 aliphatic heterocycles. The minimum absolute atomic E-state index is 0.0960. The van der Waals surface area contributed by atoms with Gasteiger partial charge in [-0.1, -0.05) is 13.3 Å². The van der Waals surface area contributed by atoms with Crippen LogP contribution in [0.15, 0.2) is 9.21 Å². The SMILES string of the molecule is CCCCOC(=O)N1CCC(c2n[nH]c(=O)o2)CC1. The normalized spacial score (nSPS) is 16.6. The molecule has 7 heteroatoms. The van der Waals surface area contributed by atoms with Gasteiger partial charge in [-0.05, 0) is 19.3 Å². The maximum absolute atomic E-state index is 11.7. The number of unbranched alkanes of at least 4 members (excludes halogenated alkanes) is 1. The van der Waals surface area contributed by atoms with Gasteiger partial charge in [0.05, 0.1) is 6.61 Å². The lowest BCUT2D eigenvalue weighted by Crippen LogP contribution is -2.38. The van der Waals surface area contributed by atoms with E-state index in [-0.39, 0.29) is 12.0 Å². The molecule has 0 unspecified atom stereocenters. The molecule has 19 heavy (non-hydrogen) atoms. The highest BCUT2D eigenvalue weighted by molar-refractivity contribution is 5.67. The summed E-state index contributed by atoms with van der Waals surface area (Å²) in [5.41, 5.74) is 0. The number of H-pyrrole nitrogens is 1. The van der Waals surface area contributed by atoms with Crippen LogP contribution in [0.5, 0.6) is 0 Å². The van der Waals surface area contributed by atoms with E-state index in [1.54, 1.807) is 4.90 Å². The van der Waals surface area contributed by atoms with Crippen LogP contribution >= 0.6 is 0 Å². The molecule has 1 aromatic heterocycles. The van der Waals surface area contributed by atoms with Crippen molar-refractivity contribution < 1.29 is 13.9 Å². The topological polar surface area (TPSA) is 88.4 Å². The first-order valence-electron chi connectivity index (χ1n) is 6.67. The quantitative estimate of drug-likeness (QED) is 0.836. The molecule has 0 spiro atoms. The molecule has 1 amide bonds. The summed E-state index contributed by atoms with van der Waals surface area (Å²) in [6.07, 6.45) is 3.11. The van der Waals surface area contributed by atoms with E-state index in [1.807, 2.05) is 0 Å². The van der Waals surface area contributed by atoms with E-state index < -0.39 is 5.76 Å². The Morgan fingerprint density at radius 3 is 2.84 bits per heavy atom. The van der Waals surface area contributed by atoms with E-state index in [0.29, 0.717) is 25.6 Å². The molecular formula is C12H19N3O4. The van der Waals surface area contributed by atoms with Crippen molar-refractivity contribution in [1.82, 2.24) is 15.1 Å². The summed E-state index contributed by atoms with van der Waals surface area (Å²) in [6.45, 7) is 3.73. The fourth-order valence-corrected chi connectivity index (χ4v) is 2.12. The minimum Gasteiger partial charge on any atom is -0.449 e. The van der Waals surface area contributed by atoms with E-state index in [4.69, 9.17) is 9.15 Å². The number of rotatable bonds is 4. The van der Waals surface area contributed by atoms with Crippen LogP contribution in [0.2, 0.25) is 0 Å². The highest BCUT2D eigenvalue weighted by atomic mass is 16.6. The lowest BCUT2D eigenvalue weighted by atomic mass is 9.97. The number of hydrogen-bond acceptors (Lipinski definition) is 5. The van der Waals surface area contributed by atoms with Gasteiger partial charge in [-0.2, -0.15) is 0 Å². The summed E-state index contributed by atoms with van der Waals surface area (Å²) in [5, 5.41) is 6.09. The highest BCUT2D eigenvalue weighted by Crippen LogP contribution is 2.25. The molecule has 1 saturated heterocycles. The fraction of sp³-hybridized carbons (Fsp3) is 0.750. The van der Waals surface area contributed by atoms with Gasteiger partial charge in [-0.15, -0.1) is 5.10 Å². The molecule has 7 nitrogen and oxygen atoms in total. The van der Waals surface area contributed by atoms with Gasteiger partial charge in [0.25, 0.3) is 0 Å². The summed E-state index contributed by atoms with van der Waals surface area (Å²) in [4.78, 5) is 24.3. The highest BCUT2D eigenvalue weighted by Gasteiger charge is 2.27. The van der Waals surface area contributed by atoms with Gasteiger partial charge in [0.2, 0.25) is 5.89 Å². The van der Waals surface area contributed by atoms with Gasteiger partial charge >= 0.3 is 11.8 Å². The summed E-state index contributed by atoms with van der Waals surface area (Å²) in [7, 11) is 0. The maximum atomic E-state index is 11.7. The van der Waals surface area contributed by atoms with Crippen LogP contribution in [0.1, 0.15) is 44.4 Å². The summed E-state index contributed by atoms with van der Waals surface area (Å²) < 4.78 is 10.1. The van der Waals surface area contributed by atoms with Crippen molar-refractivity contribution in [2.24, 2.45) is 0 Å². The molecule has 0 atom stereocenters. The number of ether oxygens (including phenoxy) is 1. The zero-order valence-electron chi connectivity index (χ0n) is 11.1. The molecule has 0 aliphatic carbocycles. The Bertz CT molecular complexity index is 460. The molecule has 2 heterocycles. The predicted molar refractivity (Wildman–Crippen MR) is 66.9 cm³/mol. The first kappa shape index (κ1) is 13.6.